The van der Waals surface area contributed by atoms with Crippen LogP contribution in [0.4, 0.5) is 0 Å². The van der Waals surface area contributed by atoms with Gasteiger partial charge in [0, 0.05) is 17.6 Å². The van der Waals surface area contributed by atoms with Crippen molar-refractivity contribution in [3.05, 3.63) is 111 Å². The van der Waals surface area contributed by atoms with Crippen molar-refractivity contribution in [3.8, 4) is 11.8 Å². The van der Waals surface area contributed by atoms with Crippen LogP contribution < -0.4 is 0 Å². The van der Waals surface area contributed by atoms with E-state index in [2.05, 4.69) is 142 Å². The van der Waals surface area contributed by atoms with E-state index in [1.165, 1.54) is 290 Å². The van der Waals surface area contributed by atoms with Crippen molar-refractivity contribution in [3.63, 3.8) is 0 Å². The zero-order chi connectivity index (χ0) is 66.6. The molecular weight excluding hydrogens is 1160 g/mol. The summed E-state index contributed by atoms with van der Waals surface area (Å²) in [5.74, 6) is 8.61. The van der Waals surface area contributed by atoms with Crippen molar-refractivity contribution in [1.82, 2.24) is 0 Å². The Morgan fingerprint density at radius 3 is 1.10 bits per heavy atom. The van der Waals surface area contributed by atoms with Gasteiger partial charge >= 0.3 is 166 Å². The Kier molecular flexibility index (Phi) is 57.0. The molecule has 2 nitrogen and oxygen atoms in total. The summed E-state index contributed by atoms with van der Waals surface area (Å²) in [7, 11) is 0. The summed E-state index contributed by atoms with van der Waals surface area (Å²) < 4.78 is 1.59. The molecule has 0 spiro atoms. The minimum atomic E-state index is 0.555. The Bertz CT molecular complexity index is 2240. The van der Waals surface area contributed by atoms with Crippen molar-refractivity contribution in [2.75, 3.05) is 0 Å². The monoisotopic (exact) mass is 1310 g/mol. The van der Waals surface area contributed by atoms with E-state index in [-0.39, 0.29) is 0 Å². The Morgan fingerprint density at radius 2 is 0.728 bits per heavy atom. The molecule has 1 aliphatic rings. The fourth-order valence-electron chi connectivity index (χ4n) is 13.7. The molecule has 0 radical (unpaired) electrons. The van der Waals surface area contributed by atoms with Crippen LogP contribution in [-0.2, 0) is 27.3 Å². The minimum absolute atomic E-state index is 0.555. The molecule has 2 atom stereocenters. The van der Waals surface area contributed by atoms with E-state index < -0.39 is 0 Å². The molecule has 0 bridgehead atoms. The smallest absolute Gasteiger partial charge is 0.0654 e. The van der Waals surface area contributed by atoms with E-state index in [9.17, 15) is 5.53 Å². The maximum absolute atomic E-state index is 12.8. The van der Waals surface area contributed by atoms with Crippen molar-refractivity contribution in [2.24, 2.45) is 11.8 Å². The Morgan fingerprint density at radius 1 is 0.391 bits per heavy atom. The van der Waals surface area contributed by atoms with Crippen LogP contribution in [0.2, 0.25) is 10.8 Å². The topological polar surface area (TPSA) is 25.3 Å². The van der Waals surface area contributed by atoms with E-state index in [1.54, 1.807) is 15.8 Å². The van der Waals surface area contributed by atoms with Crippen LogP contribution in [0, 0.1) is 23.7 Å². The summed E-state index contributed by atoms with van der Waals surface area (Å²) in [6.07, 6.45) is 75.3. The number of allylic oxidation sites excluding steroid dienone is 6. The van der Waals surface area contributed by atoms with Gasteiger partial charge in [-0.1, -0.05) is 237 Å². The number of aryl methyl sites for hydroxylation is 2. The first kappa shape index (κ1) is 85.1. The van der Waals surface area contributed by atoms with E-state index in [4.69, 9.17) is 0 Å². The third kappa shape index (κ3) is 40.6. The summed E-state index contributed by atoms with van der Waals surface area (Å²) in [6.45, 7) is 23.2. The SMILES string of the molecule is CCCCCCCCCCCCCC#CC1=C(c2ccccc2CCC(C=C(CC)CCCCC)CC)[N+](=[N-])C(c2ccccc2CCC(C=C(CC)CCCCC)CC)=C1CCCC.CCCCCCCCCCCC[CH2][Ni][CH2]CCCCCCCCCCCC. The number of nitrogens with zero attached hydrogens (tertiary/aromatic N) is 2. The van der Waals surface area contributed by atoms with Crippen LogP contribution in [0.3, 0.4) is 0 Å². The number of rotatable bonds is 60. The van der Waals surface area contributed by atoms with Crippen molar-refractivity contribution < 1.29 is 19.1 Å². The van der Waals surface area contributed by atoms with Gasteiger partial charge in [0.2, 0.25) is 11.4 Å². The average Bonchev–Trinajstić information content (AvgIpc) is 1.60. The molecule has 2 aromatic carbocycles. The molecular formula is C89H152N2Ni. The Labute approximate surface area is 581 Å². The maximum atomic E-state index is 12.8. The van der Waals surface area contributed by atoms with Crippen LogP contribution in [0.1, 0.15) is 419 Å². The summed E-state index contributed by atoms with van der Waals surface area (Å²) in [5.41, 5.74) is 25.2. The van der Waals surface area contributed by atoms with Gasteiger partial charge in [0.15, 0.2) is 0 Å². The van der Waals surface area contributed by atoms with Gasteiger partial charge in [0.25, 0.3) is 0 Å². The molecule has 0 aromatic heterocycles. The van der Waals surface area contributed by atoms with Crippen LogP contribution in [-0.4, -0.2) is 4.70 Å². The van der Waals surface area contributed by atoms with Gasteiger partial charge in [0.05, 0.1) is 5.56 Å². The molecule has 1 aliphatic heterocycles. The van der Waals surface area contributed by atoms with E-state index in [0.29, 0.717) is 11.8 Å². The second kappa shape index (κ2) is 61.6. The number of hydrogen-bond donors (Lipinski definition) is 0. The van der Waals surface area contributed by atoms with Gasteiger partial charge in [-0.25, -0.2) is 4.70 Å². The van der Waals surface area contributed by atoms with Crippen LogP contribution in [0.5, 0.6) is 0 Å². The zero-order valence-corrected chi connectivity index (χ0v) is 64.0. The molecule has 2 aromatic rings. The summed E-state index contributed by atoms with van der Waals surface area (Å²) >= 11 is 2.03. The summed E-state index contributed by atoms with van der Waals surface area (Å²) in [4.78, 5) is 0. The molecule has 528 valence electrons. The first-order valence-corrected chi connectivity index (χ1v) is 42.2. The van der Waals surface area contributed by atoms with E-state index >= 15 is 0 Å². The third-order valence-electron chi connectivity index (χ3n) is 20.0. The summed E-state index contributed by atoms with van der Waals surface area (Å²) in [6, 6.07) is 17.9. The molecule has 1 heterocycles. The molecule has 92 heavy (non-hydrogen) atoms. The first-order chi connectivity index (χ1) is 45.3. The van der Waals surface area contributed by atoms with E-state index in [1.807, 2.05) is 14.4 Å². The van der Waals surface area contributed by atoms with Crippen molar-refractivity contribution in [1.29, 1.82) is 0 Å². The normalized spacial score (nSPS) is 13.5. The quantitative estimate of drug-likeness (QED) is 0.0207. The predicted octanol–water partition coefficient (Wildman–Crippen LogP) is 31.0. The Balaban J connectivity index is 0.000000893. The van der Waals surface area contributed by atoms with Crippen molar-refractivity contribution in [2.45, 2.75) is 420 Å². The van der Waals surface area contributed by atoms with Crippen LogP contribution >= 0.6 is 0 Å². The Hall–Kier alpha value is -2.95. The fraction of sp³-hybridized carbons (Fsp3) is 0.753. The van der Waals surface area contributed by atoms with Crippen molar-refractivity contribution >= 4 is 11.4 Å². The molecule has 0 saturated carbocycles. The third-order valence-corrected chi connectivity index (χ3v) is 21.4. The molecule has 0 saturated heterocycles. The molecule has 3 heteroatoms. The first-order valence-electron chi connectivity index (χ1n) is 40.8. The van der Waals surface area contributed by atoms with Crippen LogP contribution in [0.15, 0.2) is 83.0 Å². The predicted molar refractivity (Wildman–Crippen MR) is 410 cm³/mol. The molecule has 2 unspecified atom stereocenters. The van der Waals surface area contributed by atoms with Gasteiger partial charge in [-0.05, 0) is 131 Å². The minimum Gasteiger partial charge on any atom is -0.0654 e. The zero-order valence-electron chi connectivity index (χ0n) is 63.0. The fourth-order valence-corrected chi connectivity index (χ4v) is 14.9. The standard InChI is InChI=1S/C63H98N2.2C13H27.Ni/c1-9-17-21-22-23-24-25-26-27-28-29-30-33-45-61-60(42-20-12-4)62(58-43-36-34-40-56(58)48-46-54(15-7)50-52(13-5)38-31-18-10-2)65(64)63(61)59-44-37-35-41-57(59)49-47-55(16-8)51-53(14-6)39-32-19-11-3;2*1-3-5-7-9-11-13-12-10-8-6-4-2;/h34-37,40-41,43-44,50-51,54-55H,9-32,38-39,42,46-49H2,1-8H3;2*1,3-13H2,2H3;. The van der Waals surface area contributed by atoms with Gasteiger partial charge in [0.1, 0.15) is 5.57 Å². The van der Waals surface area contributed by atoms with E-state index in [0.717, 1.165) is 106 Å². The molecule has 0 N–H and O–H groups in total. The van der Waals surface area contributed by atoms with Gasteiger partial charge in [-0.2, -0.15) is 0 Å². The molecule has 0 amide bonds. The second-order valence-electron chi connectivity index (χ2n) is 28.1. The molecule has 0 aliphatic carbocycles. The molecule has 3 rings (SSSR count). The molecule has 0 fully saturated rings. The van der Waals surface area contributed by atoms with Crippen LogP contribution in [0.25, 0.3) is 16.9 Å². The van der Waals surface area contributed by atoms with Gasteiger partial charge in [-0.3, -0.25) is 0 Å². The van der Waals surface area contributed by atoms with Gasteiger partial charge in [-0.15, -0.1) is 0 Å². The number of unbranched alkanes of at least 4 members (excludes halogenated alkanes) is 36. The van der Waals surface area contributed by atoms with Gasteiger partial charge < -0.3 is 5.53 Å². The number of benzene rings is 2. The summed E-state index contributed by atoms with van der Waals surface area (Å²) in [5, 5.41) is 2.86. The second-order valence-corrected chi connectivity index (χ2v) is 29.6. The average molecular weight is 1310 g/mol. The number of hydrogen-bond acceptors (Lipinski definition) is 0.